The van der Waals surface area contributed by atoms with Crippen LogP contribution in [0.5, 0.6) is 11.5 Å². The highest BCUT2D eigenvalue weighted by Crippen LogP contribution is 2.38. The van der Waals surface area contributed by atoms with E-state index in [0.29, 0.717) is 24.6 Å². The Morgan fingerprint density at radius 2 is 1.97 bits per heavy atom. The van der Waals surface area contributed by atoms with Crippen LogP contribution in [-0.2, 0) is 13.0 Å². The summed E-state index contributed by atoms with van der Waals surface area (Å²) < 4.78 is 29.9. The highest BCUT2D eigenvalue weighted by molar-refractivity contribution is 5.91. The van der Waals surface area contributed by atoms with Crippen molar-refractivity contribution in [3.05, 3.63) is 83.1 Å². The van der Waals surface area contributed by atoms with Crippen molar-refractivity contribution in [3.63, 3.8) is 0 Å². The number of amides is 1. The zero-order valence-electron chi connectivity index (χ0n) is 17.6. The molecule has 3 aromatic rings. The van der Waals surface area contributed by atoms with Crippen molar-refractivity contribution in [3.8, 4) is 11.5 Å². The number of halogens is 1. The van der Waals surface area contributed by atoms with Crippen molar-refractivity contribution >= 4 is 5.91 Å². The molecule has 2 aromatic carbocycles. The highest BCUT2D eigenvalue weighted by Gasteiger charge is 2.30. The zero-order chi connectivity index (χ0) is 21.8. The second-order valence-corrected chi connectivity index (χ2v) is 7.46. The summed E-state index contributed by atoms with van der Waals surface area (Å²) in [5.41, 5.74) is 3.08. The molecular weight excluding hydrogens is 399 g/mol. The van der Waals surface area contributed by atoms with Gasteiger partial charge in [-0.3, -0.25) is 9.69 Å². The van der Waals surface area contributed by atoms with Crippen LogP contribution < -0.4 is 14.8 Å². The Bertz CT molecular complexity index is 1050. The maximum Gasteiger partial charge on any atom is 0.287 e. The summed E-state index contributed by atoms with van der Waals surface area (Å²) in [6.45, 7) is 1.70. The first kappa shape index (κ1) is 20.9. The molecule has 1 aliphatic rings. The molecule has 4 rings (SSSR count). The van der Waals surface area contributed by atoms with Crippen LogP contribution in [0.1, 0.15) is 33.3 Å². The van der Waals surface area contributed by atoms with Crippen LogP contribution in [0, 0.1) is 5.82 Å². The van der Waals surface area contributed by atoms with Crippen molar-refractivity contribution in [1.29, 1.82) is 0 Å². The number of carbonyl (C=O) groups is 1. The van der Waals surface area contributed by atoms with Crippen molar-refractivity contribution < 1.29 is 23.1 Å². The van der Waals surface area contributed by atoms with Gasteiger partial charge in [0, 0.05) is 19.6 Å². The normalized spacial score (nSPS) is 15.9. The molecule has 0 spiro atoms. The van der Waals surface area contributed by atoms with E-state index in [0.717, 1.165) is 29.7 Å². The molecule has 31 heavy (non-hydrogen) atoms. The minimum Gasteiger partial charge on any atom is -0.493 e. The molecule has 0 radical (unpaired) electrons. The summed E-state index contributed by atoms with van der Waals surface area (Å²) in [6, 6.07) is 13.8. The average Bonchev–Trinajstić information content (AvgIpc) is 3.32. The van der Waals surface area contributed by atoms with Gasteiger partial charge in [-0.05, 0) is 59.5 Å². The third-order valence-corrected chi connectivity index (χ3v) is 5.59. The van der Waals surface area contributed by atoms with Crippen LogP contribution >= 0.6 is 0 Å². The van der Waals surface area contributed by atoms with E-state index in [1.165, 1.54) is 12.3 Å². The summed E-state index contributed by atoms with van der Waals surface area (Å²) in [7, 11) is 3.22. The minimum atomic E-state index is -0.275. The SMILES string of the molecule is COc1cc2c(cc1OC)[C@@H](CNC(=O)c1ccco1)N(Cc1cccc(F)c1)CC2. The third kappa shape index (κ3) is 4.56. The van der Waals surface area contributed by atoms with E-state index in [1.807, 2.05) is 18.2 Å². The fourth-order valence-corrected chi connectivity index (χ4v) is 4.06. The Kier molecular flexibility index (Phi) is 6.23. The smallest absolute Gasteiger partial charge is 0.287 e. The van der Waals surface area contributed by atoms with Crippen LogP contribution in [0.2, 0.25) is 0 Å². The van der Waals surface area contributed by atoms with Crippen LogP contribution in [-0.4, -0.2) is 38.1 Å². The molecular formula is C24H25FN2O4. The Balaban J connectivity index is 1.64. The number of fused-ring (bicyclic) bond motifs is 1. The number of methoxy groups -OCH3 is 2. The Labute approximate surface area is 180 Å². The van der Waals surface area contributed by atoms with Crippen molar-refractivity contribution in [1.82, 2.24) is 10.2 Å². The molecule has 0 bridgehead atoms. The summed E-state index contributed by atoms with van der Waals surface area (Å²) in [5, 5.41) is 2.97. The van der Waals surface area contributed by atoms with E-state index in [-0.39, 0.29) is 23.5 Å². The molecule has 0 fully saturated rings. The number of furan rings is 1. The topological polar surface area (TPSA) is 63.9 Å². The fraction of sp³-hybridized carbons (Fsp3) is 0.292. The van der Waals surface area contributed by atoms with Crippen LogP contribution in [0.4, 0.5) is 4.39 Å². The summed E-state index contributed by atoms with van der Waals surface area (Å²) >= 11 is 0. The second-order valence-electron chi connectivity index (χ2n) is 7.46. The molecule has 0 saturated heterocycles. The van der Waals surface area contributed by atoms with E-state index >= 15 is 0 Å². The van der Waals surface area contributed by atoms with Crippen molar-refractivity contribution in [2.45, 2.75) is 19.0 Å². The highest BCUT2D eigenvalue weighted by atomic mass is 19.1. The zero-order valence-corrected chi connectivity index (χ0v) is 17.6. The molecule has 1 aliphatic heterocycles. The molecule has 162 valence electrons. The van der Waals surface area contributed by atoms with E-state index in [2.05, 4.69) is 10.2 Å². The molecule has 2 heterocycles. The first-order chi connectivity index (χ1) is 15.1. The lowest BCUT2D eigenvalue weighted by Gasteiger charge is -2.38. The monoisotopic (exact) mass is 424 g/mol. The van der Waals surface area contributed by atoms with E-state index in [4.69, 9.17) is 13.9 Å². The Hall–Kier alpha value is -3.32. The standard InChI is InChI=1S/C24H25FN2O4/c1-29-22-12-17-8-9-27(15-16-5-3-6-18(25)11-16)20(19(17)13-23(22)30-2)14-26-24(28)21-7-4-10-31-21/h3-7,10-13,20H,8-9,14-15H2,1-2H3,(H,26,28)/t20-/m1/s1. The summed E-state index contributed by atoms with van der Waals surface area (Å²) in [6.07, 6.45) is 2.28. The molecule has 1 amide bonds. The molecule has 1 N–H and O–H groups in total. The van der Waals surface area contributed by atoms with Gasteiger partial charge in [-0.25, -0.2) is 4.39 Å². The number of nitrogens with one attached hydrogen (secondary N) is 1. The van der Waals surface area contributed by atoms with Gasteiger partial charge < -0.3 is 19.2 Å². The molecule has 1 atom stereocenters. The predicted octanol–water partition coefficient (Wildman–Crippen LogP) is 3.97. The van der Waals surface area contributed by atoms with Gasteiger partial charge in [0.2, 0.25) is 0 Å². The number of nitrogens with zero attached hydrogens (tertiary/aromatic N) is 1. The molecule has 1 aromatic heterocycles. The summed E-state index contributed by atoms with van der Waals surface area (Å²) in [4.78, 5) is 14.7. The average molecular weight is 424 g/mol. The minimum absolute atomic E-state index is 0.120. The van der Waals surface area contributed by atoms with E-state index in [9.17, 15) is 9.18 Å². The van der Waals surface area contributed by atoms with Crippen LogP contribution in [0.15, 0.2) is 59.2 Å². The predicted molar refractivity (Wildman–Crippen MR) is 114 cm³/mol. The van der Waals surface area contributed by atoms with Crippen molar-refractivity contribution in [2.75, 3.05) is 27.3 Å². The van der Waals surface area contributed by atoms with E-state index in [1.54, 1.807) is 38.5 Å². The Morgan fingerprint density at radius 3 is 2.68 bits per heavy atom. The van der Waals surface area contributed by atoms with Crippen molar-refractivity contribution in [2.24, 2.45) is 0 Å². The summed E-state index contributed by atoms with van der Waals surface area (Å²) in [5.74, 6) is 1.04. The lowest BCUT2D eigenvalue weighted by atomic mass is 9.91. The van der Waals surface area contributed by atoms with Crippen LogP contribution in [0.3, 0.4) is 0 Å². The fourth-order valence-electron chi connectivity index (χ4n) is 4.06. The third-order valence-electron chi connectivity index (χ3n) is 5.59. The van der Waals surface area contributed by atoms with Gasteiger partial charge in [0.1, 0.15) is 5.82 Å². The first-order valence-electron chi connectivity index (χ1n) is 10.1. The Morgan fingerprint density at radius 1 is 1.16 bits per heavy atom. The number of ether oxygens (including phenoxy) is 2. The molecule has 7 heteroatoms. The number of rotatable bonds is 7. The van der Waals surface area contributed by atoms with Gasteiger partial charge in [-0.1, -0.05) is 12.1 Å². The molecule has 6 nitrogen and oxygen atoms in total. The maximum absolute atomic E-state index is 13.7. The van der Waals surface area contributed by atoms with Gasteiger partial charge in [-0.2, -0.15) is 0 Å². The maximum atomic E-state index is 13.7. The number of hydrogen-bond donors (Lipinski definition) is 1. The van der Waals surface area contributed by atoms with Gasteiger partial charge in [0.25, 0.3) is 5.91 Å². The molecule has 0 aliphatic carbocycles. The quantitative estimate of drug-likeness (QED) is 0.622. The number of benzene rings is 2. The second kappa shape index (κ2) is 9.22. The van der Waals surface area contributed by atoms with Gasteiger partial charge in [0.15, 0.2) is 17.3 Å². The largest absolute Gasteiger partial charge is 0.493 e. The van der Waals surface area contributed by atoms with Gasteiger partial charge >= 0.3 is 0 Å². The number of hydrogen-bond acceptors (Lipinski definition) is 5. The first-order valence-corrected chi connectivity index (χ1v) is 10.1. The molecule has 0 saturated carbocycles. The van der Waals surface area contributed by atoms with Gasteiger partial charge in [0.05, 0.1) is 26.5 Å². The number of carbonyl (C=O) groups excluding carboxylic acids is 1. The lowest BCUT2D eigenvalue weighted by Crippen LogP contribution is -2.41. The van der Waals surface area contributed by atoms with E-state index < -0.39 is 0 Å². The molecule has 0 unspecified atom stereocenters. The van der Waals surface area contributed by atoms with Crippen LogP contribution in [0.25, 0.3) is 0 Å². The van der Waals surface area contributed by atoms with Gasteiger partial charge in [-0.15, -0.1) is 0 Å². The lowest BCUT2D eigenvalue weighted by molar-refractivity contribution is 0.0898.